The summed E-state index contributed by atoms with van der Waals surface area (Å²) in [5, 5.41) is 18.0. The zero-order valence-corrected chi connectivity index (χ0v) is 22.2. The van der Waals surface area contributed by atoms with Crippen LogP contribution in [0.3, 0.4) is 0 Å². The number of nitro groups is 1. The van der Waals surface area contributed by atoms with E-state index in [1.54, 1.807) is 20.2 Å². The van der Waals surface area contributed by atoms with Crippen LogP contribution in [0.4, 0.5) is 20.2 Å². The number of non-ortho nitro benzene ring substituents is 1. The third-order valence-corrected chi connectivity index (χ3v) is 7.08. The van der Waals surface area contributed by atoms with Crippen molar-refractivity contribution in [3.8, 4) is 16.9 Å². The topological polar surface area (TPSA) is 168 Å². The summed E-state index contributed by atoms with van der Waals surface area (Å²) < 4.78 is 40.1. The van der Waals surface area contributed by atoms with Crippen LogP contribution >= 0.6 is 11.3 Å². The molecule has 0 bridgehead atoms. The van der Waals surface area contributed by atoms with Gasteiger partial charge in [0.2, 0.25) is 0 Å². The number of primary amides is 1. The molecule has 5 aromatic rings. The van der Waals surface area contributed by atoms with Crippen molar-refractivity contribution >= 4 is 44.7 Å². The fourth-order valence-electron chi connectivity index (χ4n) is 4.17. The minimum atomic E-state index is -2.89. The molecule has 15 heteroatoms. The molecule has 0 aliphatic heterocycles. The molecule has 2 amide bonds. The summed E-state index contributed by atoms with van der Waals surface area (Å²) in [6.45, 7) is 1.62. The van der Waals surface area contributed by atoms with E-state index in [4.69, 9.17) is 14.9 Å². The average molecular weight is 583 g/mol. The van der Waals surface area contributed by atoms with Crippen LogP contribution in [0.5, 0.6) is 5.75 Å². The first-order valence-electron chi connectivity index (χ1n) is 11.8. The minimum Gasteiger partial charge on any atom is -0.486 e. The molecule has 0 aliphatic rings. The molecular formula is C26H20F2N6O6S. The van der Waals surface area contributed by atoms with Crippen LogP contribution in [-0.2, 0) is 13.7 Å². The van der Waals surface area contributed by atoms with E-state index >= 15 is 0 Å². The normalized spacial score (nSPS) is 11.2. The lowest BCUT2D eigenvalue weighted by molar-refractivity contribution is -0.384. The van der Waals surface area contributed by atoms with E-state index in [0.29, 0.717) is 22.6 Å². The number of furan rings is 1. The monoisotopic (exact) mass is 582 g/mol. The molecule has 0 atom stereocenters. The first kappa shape index (κ1) is 27.4. The third kappa shape index (κ3) is 5.47. The van der Waals surface area contributed by atoms with Gasteiger partial charge in [-0.1, -0.05) is 0 Å². The lowest BCUT2D eigenvalue weighted by Gasteiger charge is -2.10. The zero-order valence-electron chi connectivity index (χ0n) is 21.4. The summed E-state index contributed by atoms with van der Waals surface area (Å²) in [6, 6.07) is 9.53. The molecule has 0 aliphatic carbocycles. The van der Waals surface area contributed by atoms with Gasteiger partial charge in [-0.25, -0.2) is 13.8 Å². The van der Waals surface area contributed by atoms with E-state index in [1.807, 2.05) is 0 Å². The number of benzene rings is 1. The number of halogens is 2. The van der Waals surface area contributed by atoms with E-state index in [2.05, 4.69) is 15.4 Å². The van der Waals surface area contributed by atoms with Gasteiger partial charge in [-0.3, -0.25) is 24.4 Å². The lowest BCUT2D eigenvalue weighted by atomic mass is 10.0. The molecule has 0 fully saturated rings. The molecule has 0 unspecified atom stereocenters. The minimum absolute atomic E-state index is 0.00847. The van der Waals surface area contributed by atoms with E-state index < -0.39 is 28.9 Å². The molecule has 5 rings (SSSR count). The second kappa shape index (κ2) is 10.8. The highest BCUT2D eigenvalue weighted by molar-refractivity contribution is 7.21. The summed E-state index contributed by atoms with van der Waals surface area (Å²) in [5.74, 6) is -1.12. The number of nitrogens with zero attached hydrogens (tertiary/aromatic N) is 4. The number of nitrogens with two attached hydrogens (primary N) is 1. The number of aromatic nitrogens is 3. The zero-order chi connectivity index (χ0) is 29.4. The summed E-state index contributed by atoms with van der Waals surface area (Å²) in [7, 11) is 1.67. The van der Waals surface area contributed by atoms with Gasteiger partial charge in [-0.05, 0) is 42.8 Å². The number of pyridine rings is 1. The average Bonchev–Trinajstić information content (AvgIpc) is 3.64. The van der Waals surface area contributed by atoms with Crippen LogP contribution in [0, 0.1) is 17.0 Å². The first-order valence-corrected chi connectivity index (χ1v) is 12.7. The van der Waals surface area contributed by atoms with Crippen molar-refractivity contribution in [2.45, 2.75) is 20.0 Å². The van der Waals surface area contributed by atoms with Gasteiger partial charge in [0.05, 0.1) is 16.3 Å². The van der Waals surface area contributed by atoms with Crippen LogP contribution in [0.2, 0.25) is 0 Å². The number of ether oxygens (including phenoxy) is 1. The van der Waals surface area contributed by atoms with Crippen LogP contribution in [-0.4, -0.2) is 31.5 Å². The predicted molar refractivity (Wildman–Crippen MR) is 144 cm³/mol. The Morgan fingerprint density at radius 3 is 2.56 bits per heavy atom. The Labute approximate surface area is 233 Å². The second-order valence-electron chi connectivity index (χ2n) is 8.81. The number of hydrogen-bond donors (Lipinski definition) is 2. The second-order valence-corrected chi connectivity index (χ2v) is 9.81. The molecule has 41 heavy (non-hydrogen) atoms. The smallest absolute Gasteiger partial charge is 0.291 e. The first-order chi connectivity index (χ1) is 19.5. The van der Waals surface area contributed by atoms with Gasteiger partial charge in [0.1, 0.15) is 33.5 Å². The summed E-state index contributed by atoms with van der Waals surface area (Å²) >= 11 is 0.782. The SMILES string of the molecule is Cc1nn(C)cc1-c1cc(C(F)F)nc2sc(C(N)=O)c(NC(=O)c3ccc(COc4ccc([N+](=O)[O-])cc4)o3)c12. The molecule has 1 aromatic carbocycles. The van der Waals surface area contributed by atoms with E-state index in [-0.39, 0.29) is 44.6 Å². The number of carbonyl (C=O) groups excluding carboxylic acids is 2. The van der Waals surface area contributed by atoms with Crippen molar-refractivity contribution in [1.82, 2.24) is 14.8 Å². The maximum atomic E-state index is 13.7. The number of amides is 2. The molecule has 4 aromatic heterocycles. The van der Waals surface area contributed by atoms with Crippen molar-refractivity contribution in [2.24, 2.45) is 12.8 Å². The van der Waals surface area contributed by atoms with Crippen LogP contribution in [0.25, 0.3) is 21.3 Å². The van der Waals surface area contributed by atoms with Gasteiger partial charge in [0.25, 0.3) is 23.9 Å². The van der Waals surface area contributed by atoms with Crippen LogP contribution in [0.1, 0.15) is 43.8 Å². The number of nitrogens with one attached hydrogen (secondary N) is 1. The fourth-order valence-corrected chi connectivity index (χ4v) is 5.18. The highest BCUT2D eigenvalue weighted by Gasteiger charge is 2.27. The number of fused-ring (bicyclic) bond motifs is 1. The number of alkyl halides is 2. The fraction of sp³-hybridized carbons (Fsp3) is 0.154. The van der Waals surface area contributed by atoms with Gasteiger partial charge in [0.15, 0.2) is 5.76 Å². The molecule has 4 heterocycles. The molecule has 0 spiro atoms. The number of anilines is 1. The Hall–Kier alpha value is -5.18. The standard InChI is InChI=1S/C26H20F2N6O6S/c1-12-17(10-33(2)32-12)16-9-18(23(27)28)30-26-20(16)21(22(41-26)24(29)35)31-25(36)19-8-7-15(40-19)11-39-14-5-3-13(4-6-14)34(37)38/h3-10,23H,11H2,1-2H3,(H2,29,35)(H,31,36). The Morgan fingerprint density at radius 2 is 1.95 bits per heavy atom. The van der Waals surface area contributed by atoms with Crippen molar-refractivity contribution in [1.29, 1.82) is 0 Å². The van der Waals surface area contributed by atoms with Gasteiger partial charge < -0.3 is 20.2 Å². The summed E-state index contributed by atoms with van der Waals surface area (Å²) in [5.41, 5.74) is 6.34. The number of rotatable bonds is 9. The van der Waals surface area contributed by atoms with Gasteiger partial charge in [-0.2, -0.15) is 5.10 Å². The number of thiophene rings is 1. The van der Waals surface area contributed by atoms with Gasteiger partial charge in [-0.15, -0.1) is 11.3 Å². The number of aryl methyl sites for hydroxylation is 2. The molecule has 210 valence electrons. The van der Waals surface area contributed by atoms with E-state index in [9.17, 15) is 28.5 Å². The molecule has 12 nitrogen and oxygen atoms in total. The Bertz CT molecular complexity index is 1810. The van der Waals surface area contributed by atoms with Gasteiger partial charge in [0, 0.05) is 36.3 Å². The Morgan fingerprint density at radius 1 is 1.22 bits per heavy atom. The third-order valence-electron chi connectivity index (χ3n) is 5.99. The summed E-state index contributed by atoms with van der Waals surface area (Å²) in [6.07, 6.45) is -1.25. The molecule has 3 N–H and O–H groups in total. The Balaban J connectivity index is 1.46. The van der Waals surface area contributed by atoms with Crippen molar-refractivity contribution in [2.75, 3.05) is 5.32 Å². The molecule has 0 saturated carbocycles. The largest absolute Gasteiger partial charge is 0.486 e. The molecular weight excluding hydrogens is 562 g/mol. The molecule has 0 saturated heterocycles. The number of nitro benzene ring substituents is 1. The summed E-state index contributed by atoms with van der Waals surface area (Å²) in [4.78, 5) is 39.8. The quantitative estimate of drug-likeness (QED) is 0.173. The highest BCUT2D eigenvalue weighted by Crippen LogP contribution is 2.43. The van der Waals surface area contributed by atoms with Crippen LogP contribution in [0.15, 0.2) is 53.1 Å². The number of hydrogen-bond acceptors (Lipinski definition) is 9. The van der Waals surface area contributed by atoms with Crippen LogP contribution < -0.4 is 15.8 Å². The van der Waals surface area contributed by atoms with Crippen molar-refractivity contribution in [3.05, 3.63) is 86.6 Å². The maximum Gasteiger partial charge on any atom is 0.291 e. The Kier molecular flexibility index (Phi) is 7.19. The highest BCUT2D eigenvalue weighted by atomic mass is 32.1. The van der Waals surface area contributed by atoms with E-state index in [1.165, 1.54) is 47.1 Å². The predicted octanol–water partition coefficient (Wildman–Crippen LogP) is 5.37. The van der Waals surface area contributed by atoms with Crippen molar-refractivity contribution in [3.63, 3.8) is 0 Å². The maximum absolute atomic E-state index is 13.7. The lowest BCUT2D eigenvalue weighted by Crippen LogP contribution is -2.16. The molecule has 0 radical (unpaired) electrons. The van der Waals surface area contributed by atoms with E-state index in [0.717, 1.165) is 11.3 Å². The van der Waals surface area contributed by atoms with Gasteiger partial charge >= 0.3 is 0 Å². The number of carbonyl (C=O) groups is 2. The van der Waals surface area contributed by atoms with Crippen molar-refractivity contribution < 1.29 is 32.4 Å².